The Morgan fingerprint density at radius 1 is 0.404 bits per heavy atom. The molecule has 1 aliphatic rings. The third kappa shape index (κ3) is 10.3. The third-order valence-corrected chi connectivity index (χ3v) is 8.96. The van der Waals surface area contributed by atoms with E-state index in [0.29, 0.717) is 36.9 Å². The van der Waals surface area contributed by atoms with Crippen molar-refractivity contribution in [3.63, 3.8) is 0 Å². The van der Waals surface area contributed by atoms with Crippen LogP contribution in [0.15, 0.2) is 122 Å². The Morgan fingerprint density at radius 3 is 1.60 bits per heavy atom. The summed E-state index contributed by atoms with van der Waals surface area (Å²) in [6.07, 6.45) is 7.24. The van der Waals surface area contributed by atoms with Gasteiger partial charge < -0.3 is 9.47 Å². The van der Waals surface area contributed by atoms with Crippen LogP contribution in [0.5, 0.6) is 11.5 Å². The highest BCUT2D eigenvalue weighted by atomic mass is 16.6. The molecule has 0 saturated carbocycles. The molecule has 4 heterocycles. The van der Waals surface area contributed by atoms with Crippen LogP contribution in [0.4, 0.5) is 0 Å². The maximum atomic E-state index is 5.49. The van der Waals surface area contributed by atoms with E-state index in [4.69, 9.17) is 9.47 Å². The summed E-state index contributed by atoms with van der Waals surface area (Å²) in [5.41, 5.74) is 9.39. The molecule has 7 aromatic rings. The minimum Gasteiger partial charge on any atom is -0.486 e. The van der Waals surface area contributed by atoms with Gasteiger partial charge in [-0.25, -0.2) is 0 Å². The highest BCUT2D eigenvalue weighted by Crippen LogP contribution is 2.33. The number of benzene rings is 4. The SMILES string of the molecule is CC(C)c1ccc2c(c1)OCCO2.CC(C)c1ccc2ncccc2c1.CC(C)c1ccc2nccnc2c1.CC(C)c1cnc2ccccc2c1. The molecule has 268 valence electrons. The summed E-state index contributed by atoms with van der Waals surface area (Å²) in [5.74, 6) is 3.98. The average molecular weight is 693 g/mol. The summed E-state index contributed by atoms with van der Waals surface area (Å²) >= 11 is 0. The molecule has 0 atom stereocenters. The second-order valence-electron chi connectivity index (χ2n) is 14.2. The van der Waals surface area contributed by atoms with Gasteiger partial charge >= 0.3 is 0 Å². The monoisotopic (exact) mass is 692 g/mol. The Balaban J connectivity index is 0.000000134. The number of para-hydroxylation sites is 1. The minimum absolute atomic E-state index is 0.538. The summed E-state index contributed by atoms with van der Waals surface area (Å²) in [5, 5.41) is 2.46. The molecule has 6 heteroatoms. The zero-order valence-electron chi connectivity index (χ0n) is 31.9. The standard InChI is InChI=1S/2C12H13N.C11H12N2.C11H14O2/c1-9(2)10-5-6-12-11(8-10)4-3-7-13-12;1-9(2)11-7-10-5-3-4-6-12(10)13-8-11;2*1-8(2)9-3-4-10-11(7-9)13-6-5-12-10/h2*3-9H,1-2H3;3-8H,1-2H3;3-4,7-8H,5-6H2,1-2H3. The molecule has 0 amide bonds. The lowest BCUT2D eigenvalue weighted by Crippen LogP contribution is -2.15. The van der Waals surface area contributed by atoms with Gasteiger partial charge in [-0.15, -0.1) is 0 Å². The van der Waals surface area contributed by atoms with Crippen molar-refractivity contribution in [2.24, 2.45) is 0 Å². The maximum absolute atomic E-state index is 5.49. The van der Waals surface area contributed by atoms with Crippen molar-refractivity contribution in [2.75, 3.05) is 13.2 Å². The quantitative estimate of drug-likeness (QED) is 0.183. The van der Waals surface area contributed by atoms with Crippen LogP contribution in [-0.2, 0) is 0 Å². The van der Waals surface area contributed by atoms with E-state index in [0.717, 1.165) is 33.6 Å². The van der Waals surface area contributed by atoms with Crippen LogP contribution in [0.3, 0.4) is 0 Å². The molecule has 3 aromatic heterocycles. The van der Waals surface area contributed by atoms with E-state index in [1.54, 1.807) is 12.4 Å². The van der Waals surface area contributed by atoms with Crippen LogP contribution in [0, 0.1) is 0 Å². The van der Waals surface area contributed by atoms with Gasteiger partial charge in [0, 0.05) is 35.6 Å². The van der Waals surface area contributed by atoms with Crippen molar-refractivity contribution in [3.8, 4) is 11.5 Å². The fourth-order valence-electron chi connectivity index (χ4n) is 5.62. The first-order valence-corrected chi connectivity index (χ1v) is 18.4. The maximum Gasteiger partial charge on any atom is 0.161 e. The van der Waals surface area contributed by atoms with Gasteiger partial charge in [0.25, 0.3) is 0 Å². The number of rotatable bonds is 4. The molecule has 0 spiro atoms. The van der Waals surface area contributed by atoms with E-state index < -0.39 is 0 Å². The summed E-state index contributed by atoms with van der Waals surface area (Å²) in [6.45, 7) is 18.8. The van der Waals surface area contributed by atoms with Gasteiger partial charge in [0.2, 0.25) is 0 Å². The molecule has 6 nitrogen and oxygen atoms in total. The molecular weight excluding hydrogens is 641 g/mol. The van der Waals surface area contributed by atoms with E-state index in [1.165, 1.54) is 33.0 Å². The summed E-state index contributed by atoms with van der Waals surface area (Å²) in [4.78, 5) is 17.2. The van der Waals surface area contributed by atoms with Crippen LogP contribution in [-0.4, -0.2) is 33.1 Å². The topological polar surface area (TPSA) is 70.0 Å². The Kier molecular flexibility index (Phi) is 13.3. The van der Waals surface area contributed by atoms with Gasteiger partial charge in [-0.1, -0.05) is 97.9 Å². The Morgan fingerprint density at radius 2 is 0.904 bits per heavy atom. The number of hydrogen-bond acceptors (Lipinski definition) is 6. The van der Waals surface area contributed by atoms with Crippen LogP contribution in [0.25, 0.3) is 32.8 Å². The van der Waals surface area contributed by atoms with Crippen molar-refractivity contribution < 1.29 is 9.47 Å². The number of pyridine rings is 2. The van der Waals surface area contributed by atoms with E-state index >= 15 is 0 Å². The fraction of sp³-hybridized carbons (Fsp3) is 0.304. The van der Waals surface area contributed by atoms with Gasteiger partial charge in [-0.05, 0) is 101 Å². The predicted octanol–water partition coefficient (Wildman–Crippen LogP) is 12.1. The van der Waals surface area contributed by atoms with Crippen molar-refractivity contribution in [3.05, 3.63) is 144 Å². The van der Waals surface area contributed by atoms with Gasteiger partial charge in [-0.2, -0.15) is 0 Å². The number of ether oxygens (including phenoxy) is 2. The van der Waals surface area contributed by atoms with Crippen LogP contribution >= 0.6 is 0 Å². The first-order valence-electron chi connectivity index (χ1n) is 18.4. The lowest BCUT2D eigenvalue weighted by atomic mass is 10.0. The molecular formula is C46H52N4O2. The summed E-state index contributed by atoms with van der Waals surface area (Å²) < 4.78 is 10.9. The average Bonchev–Trinajstić information content (AvgIpc) is 3.17. The van der Waals surface area contributed by atoms with E-state index in [2.05, 4.69) is 136 Å². The molecule has 0 N–H and O–H groups in total. The van der Waals surface area contributed by atoms with Gasteiger partial charge in [0.1, 0.15) is 13.2 Å². The number of nitrogens with zero attached hydrogens (tertiary/aromatic N) is 4. The fourth-order valence-corrected chi connectivity index (χ4v) is 5.62. The Bertz CT molecular complexity index is 1990. The predicted molar refractivity (Wildman–Crippen MR) is 217 cm³/mol. The third-order valence-electron chi connectivity index (χ3n) is 8.96. The van der Waals surface area contributed by atoms with E-state index in [9.17, 15) is 0 Å². The summed E-state index contributed by atoms with van der Waals surface area (Å²) in [6, 6.07) is 33.4. The van der Waals surface area contributed by atoms with Crippen LogP contribution in [0.1, 0.15) is 101 Å². The van der Waals surface area contributed by atoms with Crippen molar-refractivity contribution in [1.82, 2.24) is 19.9 Å². The molecule has 0 aliphatic carbocycles. The summed E-state index contributed by atoms with van der Waals surface area (Å²) in [7, 11) is 0. The number of fused-ring (bicyclic) bond motifs is 4. The van der Waals surface area contributed by atoms with Crippen LogP contribution in [0.2, 0.25) is 0 Å². The number of hydrogen-bond donors (Lipinski definition) is 0. The lowest BCUT2D eigenvalue weighted by molar-refractivity contribution is 0.171. The molecule has 0 fully saturated rings. The van der Waals surface area contributed by atoms with Crippen molar-refractivity contribution in [1.29, 1.82) is 0 Å². The van der Waals surface area contributed by atoms with Gasteiger partial charge in [0.15, 0.2) is 11.5 Å². The first-order chi connectivity index (χ1) is 25.1. The first kappa shape index (κ1) is 37.9. The highest BCUT2D eigenvalue weighted by Gasteiger charge is 2.12. The second-order valence-corrected chi connectivity index (χ2v) is 14.2. The Hall–Kier alpha value is -5.36. The zero-order chi connectivity index (χ0) is 37.0. The normalized spacial score (nSPS) is 11.9. The highest BCUT2D eigenvalue weighted by molar-refractivity contribution is 5.79. The van der Waals surface area contributed by atoms with E-state index in [-0.39, 0.29) is 0 Å². The zero-order valence-corrected chi connectivity index (χ0v) is 31.9. The van der Waals surface area contributed by atoms with Crippen molar-refractivity contribution in [2.45, 2.75) is 79.1 Å². The second kappa shape index (κ2) is 18.2. The molecule has 0 saturated heterocycles. The van der Waals surface area contributed by atoms with Crippen molar-refractivity contribution >= 4 is 32.8 Å². The number of aromatic nitrogens is 4. The molecule has 0 bridgehead atoms. The largest absolute Gasteiger partial charge is 0.486 e. The van der Waals surface area contributed by atoms with Gasteiger partial charge in [-0.3, -0.25) is 19.9 Å². The smallest absolute Gasteiger partial charge is 0.161 e. The molecule has 0 radical (unpaired) electrons. The molecule has 4 aromatic carbocycles. The lowest BCUT2D eigenvalue weighted by Gasteiger charge is -2.19. The Labute approximate surface area is 309 Å². The molecule has 1 aliphatic heterocycles. The molecule has 52 heavy (non-hydrogen) atoms. The van der Waals surface area contributed by atoms with Crippen LogP contribution < -0.4 is 9.47 Å². The van der Waals surface area contributed by atoms with Gasteiger partial charge in [0.05, 0.1) is 22.1 Å². The molecule has 0 unspecified atom stereocenters. The molecule has 8 rings (SSSR count). The van der Waals surface area contributed by atoms with E-state index in [1.807, 2.05) is 48.8 Å². The minimum atomic E-state index is 0.538.